The number of nitrogens with one attached hydrogen (secondary N) is 2. The summed E-state index contributed by atoms with van der Waals surface area (Å²) in [7, 11) is -3.84. The summed E-state index contributed by atoms with van der Waals surface area (Å²) in [6.07, 6.45) is 0. The molecule has 0 saturated carbocycles. The topological polar surface area (TPSA) is 201 Å². The molecule has 10 aromatic rings. The third kappa shape index (κ3) is 12.3. The highest BCUT2D eigenvalue weighted by atomic mass is 35.7. The molecule has 0 radical (unpaired) electrons. The molecule has 4 unspecified atom stereocenters. The van der Waals surface area contributed by atoms with Crippen molar-refractivity contribution in [2.45, 2.75) is 7.43 Å². The van der Waals surface area contributed by atoms with E-state index >= 15 is 0 Å². The molecule has 20 heteroatoms. The van der Waals surface area contributed by atoms with Gasteiger partial charge in [-0.25, -0.2) is 0 Å². The van der Waals surface area contributed by atoms with Crippen LogP contribution < -0.4 is 51.1 Å². The van der Waals surface area contributed by atoms with Gasteiger partial charge in [-0.1, -0.05) is 189 Å². The molecule has 374 valence electrons. The van der Waals surface area contributed by atoms with Crippen LogP contribution in [-0.2, 0) is 0 Å². The summed E-state index contributed by atoms with van der Waals surface area (Å²) in [4.78, 5) is 29.7. The Morgan fingerprint density at radius 3 is 1.19 bits per heavy atom. The molecule has 0 amide bonds. The number of hydrogen-bond donors (Lipinski definition) is 5. The van der Waals surface area contributed by atoms with Crippen molar-refractivity contribution >= 4 is 94.4 Å². The first-order valence-corrected chi connectivity index (χ1v) is 29.2. The predicted molar refractivity (Wildman–Crippen MR) is 313 cm³/mol. The lowest BCUT2D eigenvalue weighted by Crippen LogP contribution is -2.21. The van der Waals surface area contributed by atoms with Gasteiger partial charge < -0.3 is 29.9 Å². The highest BCUT2D eigenvalue weighted by Gasteiger charge is 2.30. The minimum absolute atomic E-state index is 0. The molecule has 0 fully saturated rings. The fraction of sp³-hybridized carbons (Fsp3) is 0.0182. The number of benzene rings is 8. The second-order valence-corrected chi connectivity index (χ2v) is 21.5. The lowest BCUT2D eigenvalue weighted by molar-refractivity contribution is 0.624. The number of para-hydroxylation sites is 3. The standard InChI is InChI=1S/C33H23N5O2P2.C12H8ClOP.C9H9N5.CH4.ClH2OP/c1-2-12-22(13-3-1)31-34-32(37-41-29-20-10-6-16-25(29)23-14-4-8-18-27(23)39-41)36-33(35-31)38-42-30-21-11-7-17-26(30)24-15-5-9-19-28(24)40-42;13-15-12-8-4-2-6-10(12)9-5-1-3-7-11(9)14-15;10-8-12-7(13-9(11)14-8)6-4-2-1-3-5-6;;1-3-2/h1-21H,(H2,34,35,36,37,38);1-8H;1-5H,(H4,10,11,12,13,14);1H4;2-3H/i;;;;2D. The minimum atomic E-state index is -1.30. The van der Waals surface area contributed by atoms with Crippen molar-refractivity contribution in [2.24, 2.45) is 0 Å². The summed E-state index contributed by atoms with van der Waals surface area (Å²) in [5.74, 6) is 4.72. The molecule has 5 heterocycles. The molecular weight excluding hydrogens is 1060 g/mol. The number of anilines is 4. The molecule has 4 atom stereocenters. The fourth-order valence-corrected chi connectivity index (χ4v) is 12.8. The summed E-state index contributed by atoms with van der Waals surface area (Å²) in [5.41, 5.74) is 19.4. The van der Waals surface area contributed by atoms with E-state index in [1.807, 2.05) is 146 Å². The first kappa shape index (κ1) is 51.1. The van der Waals surface area contributed by atoms with Gasteiger partial charge in [0.15, 0.2) is 11.6 Å². The van der Waals surface area contributed by atoms with E-state index in [0.717, 1.165) is 72.1 Å². The molecule has 7 N–H and O–H groups in total. The van der Waals surface area contributed by atoms with Gasteiger partial charge in [0, 0.05) is 43.7 Å². The quantitative estimate of drug-likeness (QED) is 0.0944. The minimum Gasteiger partial charge on any atom is -0.453 e. The Kier molecular flexibility index (Phi) is 16.9. The lowest BCUT2D eigenvalue weighted by Gasteiger charge is -2.29. The largest absolute Gasteiger partial charge is 0.453 e. The monoisotopic (exact) mass is 1110 g/mol. The van der Waals surface area contributed by atoms with Crippen molar-refractivity contribution < 1.29 is 18.5 Å². The zero-order valence-electron chi connectivity index (χ0n) is 39.7. The van der Waals surface area contributed by atoms with Crippen LogP contribution in [0.25, 0.3) is 56.2 Å². The van der Waals surface area contributed by atoms with Crippen LogP contribution in [0.4, 0.5) is 23.8 Å². The van der Waals surface area contributed by atoms with Crippen LogP contribution in [0.2, 0.25) is 0 Å². The third-order valence-corrected chi connectivity index (χ3v) is 16.3. The Bertz CT molecular complexity index is 3450. The van der Waals surface area contributed by atoms with Crippen LogP contribution in [0.15, 0.2) is 206 Å². The molecule has 0 spiro atoms. The molecule has 3 aliphatic rings. The SMILES string of the molecule is C.ClP1Oc2ccccc2-c2ccccc21.Nc1nc(N)nc(-c2ccccc2)n1.[2H]OPCl.c1ccc(-c2nc(NP3Oc4ccccc4-c4ccccc43)nc(NP3Oc4ccccc4-c4ccccc43)n2)cc1. The van der Waals surface area contributed by atoms with E-state index in [-0.39, 0.29) is 27.5 Å². The fourth-order valence-electron chi connectivity index (χ4n) is 8.01. The molecule has 0 saturated heterocycles. The normalized spacial score (nSPS) is 14.9. The maximum absolute atomic E-state index is 6.50. The smallest absolute Gasteiger partial charge is 0.234 e. The Morgan fingerprint density at radius 2 is 0.760 bits per heavy atom. The average molecular weight is 1110 g/mol. The molecule has 8 aromatic carbocycles. The van der Waals surface area contributed by atoms with Crippen LogP contribution >= 0.6 is 54.7 Å². The van der Waals surface area contributed by atoms with Crippen LogP contribution in [-0.4, -0.2) is 36.2 Å². The van der Waals surface area contributed by atoms with Crippen molar-refractivity contribution in [3.8, 4) is 73.4 Å². The van der Waals surface area contributed by atoms with Crippen molar-refractivity contribution in [1.82, 2.24) is 29.9 Å². The molecule has 13 rings (SSSR count). The van der Waals surface area contributed by atoms with Gasteiger partial charge in [0.25, 0.3) is 0 Å². The molecule has 0 bridgehead atoms. The Labute approximate surface area is 450 Å². The maximum Gasteiger partial charge on any atom is 0.234 e. The molecule has 0 aliphatic carbocycles. The van der Waals surface area contributed by atoms with E-state index < -0.39 is 24.1 Å². The summed E-state index contributed by atoms with van der Waals surface area (Å²) in [6.45, 7) is 0. The maximum atomic E-state index is 6.50. The first-order chi connectivity index (χ1) is 36.8. The average Bonchev–Trinajstić information content (AvgIpc) is 3.46. The number of nitrogens with zero attached hydrogens (tertiary/aromatic N) is 6. The van der Waals surface area contributed by atoms with Crippen LogP contribution in [0.5, 0.6) is 17.2 Å². The predicted octanol–water partition coefficient (Wildman–Crippen LogP) is 13.7. The van der Waals surface area contributed by atoms with Gasteiger partial charge in [-0.2, -0.15) is 29.9 Å². The second kappa shape index (κ2) is 24.8. The van der Waals surface area contributed by atoms with Crippen molar-refractivity contribution in [3.63, 3.8) is 0 Å². The molecule has 75 heavy (non-hydrogen) atoms. The Balaban J connectivity index is 0.000000168. The summed E-state index contributed by atoms with van der Waals surface area (Å²) in [5, 5.41) is 10.3. The van der Waals surface area contributed by atoms with E-state index in [1.54, 1.807) is 0 Å². The Morgan fingerprint density at radius 1 is 0.427 bits per heavy atom. The van der Waals surface area contributed by atoms with Crippen molar-refractivity contribution in [1.29, 1.82) is 1.43 Å². The summed E-state index contributed by atoms with van der Waals surface area (Å²) >= 11 is 11.0. The summed E-state index contributed by atoms with van der Waals surface area (Å²) < 4.78 is 24.5. The number of nitrogens with two attached hydrogens (primary N) is 2. The van der Waals surface area contributed by atoms with Crippen LogP contribution in [0.1, 0.15) is 7.43 Å². The third-order valence-electron chi connectivity index (χ3n) is 11.2. The van der Waals surface area contributed by atoms with E-state index in [1.165, 1.54) is 5.56 Å². The van der Waals surface area contributed by atoms with Gasteiger partial charge in [0.2, 0.25) is 49.3 Å². The van der Waals surface area contributed by atoms with Gasteiger partial charge >= 0.3 is 0 Å². The zero-order valence-corrected chi connectivity index (χ0v) is 43.9. The van der Waals surface area contributed by atoms with Gasteiger partial charge in [-0.15, -0.1) is 0 Å². The van der Waals surface area contributed by atoms with Gasteiger partial charge in [-0.3, -0.25) is 10.2 Å². The number of aromatic nitrogens is 6. The summed E-state index contributed by atoms with van der Waals surface area (Å²) in [6, 6.07) is 68.3. The van der Waals surface area contributed by atoms with Gasteiger partial charge in [0.1, 0.15) is 25.4 Å². The Hall–Kier alpha value is -7.36. The molecule has 2 aromatic heterocycles. The second-order valence-electron chi connectivity index (χ2n) is 15.9. The number of hydrogen-bond acceptors (Lipinski definition) is 14. The zero-order chi connectivity index (χ0) is 51.5. The van der Waals surface area contributed by atoms with Gasteiger partial charge in [-0.05, 0) is 64.3 Å². The van der Waals surface area contributed by atoms with E-state index in [0.29, 0.717) is 23.5 Å². The van der Waals surface area contributed by atoms with E-state index in [9.17, 15) is 0 Å². The van der Waals surface area contributed by atoms with E-state index in [2.05, 4.69) is 90.7 Å². The highest BCUT2D eigenvalue weighted by molar-refractivity contribution is 7.86. The molecular formula is C55H46Cl2N10O4P4. The van der Waals surface area contributed by atoms with Crippen LogP contribution in [0, 0.1) is 0 Å². The van der Waals surface area contributed by atoms with Crippen molar-refractivity contribution in [3.05, 3.63) is 206 Å². The van der Waals surface area contributed by atoms with Crippen molar-refractivity contribution in [2.75, 3.05) is 21.6 Å². The molecule has 3 aliphatic heterocycles. The van der Waals surface area contributed by atoms with E-state index in [4.69, 9.17) is 63.9 Å². The number of halogens is 2. The van der Waals surface area contributed by atoms with Gasteiger partial charge in [0.05, 0.1) is 0 Å². The lowest BCUT2D eigenvalue weighted by atomic mass is 10.0. The molecule has 14 nitrogen and oxygen atoms in total. The number of rotatable bonds is 7. The number of nitrogen functional groups attached to an aromatic ring is 2. The van der Waals surface area contributed by atoms with Crippen LogP contribution in [0.3, 0.4) is 0 Å². The highest BCUT2D eigenvalue weighted by Crippen LogP contribution is 2.52. The first-order valence-electron chi connectivity index (χ1n) is 23.0. The number of fused-ring (bicyclic) bond motifs is 9.